The van der Waals surface area contributed by atoms with Gasteiger partial charge >= 0.3 is 0 Å². The minimum absolute atomic E-state index is 0.132. The summed E-state index contributed by atoms with van der Waals surface area (Å²) in [7, 11) is 0. The van der Waals surface area contributed by atoms with Crippen LogP contribution in [0.1, 0.15) is 53.8 Å². The summed E-state index contributed by atoms with van der Waals surface area (Å²) in [6, 6.07) is 13.4. The van der Waals surface area contributed by atoms with Crippen molar-refractivity contribution in [3.05, 3.63) is 71.6 Å². The number of fused-ring (bicyclic) bond motifs is 2. The summed E-state index contributed by atoms with van der Waals surface area (Å²) in [6.45, 7) is 6.66. The number of nitrogens with zero attached hydrogens (tertiary/aromatic N) is 2. The Labute approximate surface area is 204 Å². The third-order valence-electron chi connectivity index (χ3n) is 7.29. The molecule has 2 fully saturated rings. The van der Waals surface area contributed by atoms with Gasteiger partial charge in [-0.15, -0.1) is 0 Å². The topological polar surface area (TPSA) is 75.0 Å². The lowest BCUT2D eigenvalue weighted by atomic mass is 10.0. The van der Waals surface area contributed by atoms with Gasteiger partial charge in [-0.1, -0.05) is 12.6 Å². The highest BCUT2D eigenvalue weighted by Gasteiger charge is 2.39. The van der Waals surface area contributed by atoms with Crippen LogP contribution in [0.15, 0.2) is 59.2 Å². The Morgan fingerprint density at radius 1 is 1.09 bits per heavy atom. The van der Waals surface area contributed by atoms with Gasteiger partial charge in [-0.3, -0.25) is 9.59 Å². The minimum Gasteiger partial charge on any atom is -0.485 e. The Bertz CT molecular complexity index is 1320. The summed E-state index contributed by atoms with van der Waals surface area (Å²) in [4.78, 5) is 29.6. The Morgan fingerprint density at radius 3 is 2.77 bits per heavy atom. The molecular weight excluding hydrogens is 442 g/mol. The van der Waals surface area contributed by atoms with E-state index in [9.17, 15) is 9.59 Å². The van der Waals surface area contributed by atoms with Crippen molar-refractivity contribution < 1.29 is 18.7 Å². The molecule has 4 heterocycles. The second-order valence-corrected chi connectivity index (χ2v) is 9.63. The van der Waals surface area contributed by atoms with E-state index in [0.29, 0.717) is 36.4 Å². The molecule has 3 aliphatic rings. The van der Waals surface area contributed by atoms with Crippen molar-refractivity contribution in [1.29, 1.82) is 0 Å². The average molecular weight is 472 g/mol. The van der Waals surface area contributed by atoms with Crippen LogP contribution in [0, 0.1) is 0 Å². The summed E-state index contributed by atoms with van der Waals surface area (Å²) >= 11 is 0. The lowest BCUT2D eigenvalue weighted by molar-refractivity contribution is -0.126. The molecule has 2 amide bonds. The first kappa shape index (κ1) is 21.8. The van der Waals surface area contributed by atoms with Crippen molar-refractivity contribution in [3.8, 4) is 5.75 Å². The third-order valence-corrected chi connectivity index (χ3v) is 7.29. The number of allylic oxidation sites excluding steroid dienone is 1. The zero-order valence-electron chi connectivity index (χ0n) is 19.7. The Morgan fingerprint density at radius 2 is 1.94 bits per heavy atom. The molecule has 3 aliphatic heterocycles. The quantitative estimate of drug-likeness (QED) is 0.581. The first-order chi connectivity index (χ1) is 17.1. The third kappa shape index (κ3) is 4.05. The number of anilines is 1. The van der Waals surface area contributed by atoms with Crippen LogP contribution in [0.3, 0.4) is 0 Å². The van der Waals surface area contributed by atoms with Crippen LogP contribution in [0.4, 0.5) is 5.69 Å². The molecule has 7 heteroatoms. The van der Waals surface area contributed by atoms with Gasteiger partial charge in [-0.2, -0.15) is 0 Å². The fraction of sp³-hybridized carbons (Fsp3) is 0.357. The van der Waals surface area contributed by atoms with Crippen molar-refractivity contribution in [2.24, 2.45) is 0 Å². The minimum atomic E-state index is -0.488. The van der Waals surface area contributed by atoms with E-state index in [1.54, 1.807) is 11.0 Å². The number of piperidine rings is 2. The Balaban J connectivity index is 1.18. The van der Waals surface area contributed by atoms with Crippen molar-refractivity contribution in [2.45, 2.75) is 51.3 Å². The molecule has 2 aromatic carbocycles. The SMILES string of the molecule is C=C1CCC(N2Cc3c(OCc4cc5cc(N6CCCCC6)ccc5o4)cccc3C2=O)C(=O)N1. The summed E-state index contributed by atoms with van der Waals surface area (Å²) in [5.41, 5.74) is 4.19. The van der Waals surface area contributed by atoms with E-state index in [0.717, 1.165) is 35.4 Å². The number of nitrogens with one attached hydrogen (secondary N) is 1. The highest BCUT2D eigenvalue weighted by atomic mass is 16.5. The van der Waals surface area contributed by atoms with E-state index in [1.807, 2.05) is 24.3 Å². The molecule has 1 atom stereocenters. The number of furan rings is 1. The number of ether oxygens (including phenoxy) is 1. The number of rotatable bonds is 5. The van der Waals surface area contributed by atoms with Crippen LogP contribution >= 0.6 is 0 Å². The van der Waals surface area contributed by atoms with E-state index >= 15 is 0 Å². The summed E-state index contributed by atoms with van der Waals surface area (Å²) < 4.78 is 12.2. The first-order valence-corrected chi connectivity index (χ1v) is 12.4. The summed E-state index contributed by atoms with van der Waals surface area (Å²) in [5, 5.41) is 3.84. The Kier molecular flexibility index (Phi) is 5.47. The molecule has 1 aromatic heterocycles. The Hall–Kier alpha value is -3.74. The van der Waals surface area contributed by atoms with Gasteiger partial charge in [0.15, 0.2) is 0 Å². The number of carbonyl (C=O) groups is 2. The number of amides is 2. The predicted octanol–water partition coefficient (Wildman–Crippen LogP) is 4.75. The maximum atomic E-state index is 13.1. The highest BCUT2D eigenvalue weighted by Crippen LogP contribution is 2.35. The standard InChI is InChI=1S/C28H29N3O4/c1-18-8-10-24(27(32)29-18)31-16-23-22(28(31)33)6-5-7-26(23)34-17-21-15-19-14-20(9-11-25(19)35-21)30-12-3-2-4-13-30/h5-7,9,11,14-15,24H,1-4,8,10,12-13,16-17H2,(H,29,32). The average Bonchev–Trinajstić information content (AvgIpc) is 3.44. The molecule has 0 radical (unpaired) electrons. The maximum Gasteiger partial charge on any atom is 0.255 e. The molecule has 1 unspecified atom stereocenters. The van der Waals surface area contributed by atoms with Crippen LogP contribution in [-0.2, 0) is 17.9 Å². The van der Waals surface area contributed by atoms with Crippen LogP contribution in [0.5, 0.6) is 5.75 Å². The van der Waals surface area contributed by atoms with E-state index in [4.69, 9.17) is 9.15 Å². The number of hydrogen-bond donors (Lipinski definition) is 1. The highest BCUT2D eigenvalue weighted by molar-refractivity contribution is 6.02. The van der Waals surface area contributed by atoms with E-state index in [-0.39, 0.29) is 18.4 Å². The largest absolute Gasteiger partial charge is 0.485 e. The second kappa shape index (κ2) is 8.80. The van der Waals surface area contributed by atoms with Gasteiger partial charge in [0.2, 0.25) is 5.91 Å². The van der Waals surface area contributed by atoms with Gasteiger partial charge in [0.1, 0.15) is 29.7 Å². The molecule has 7 nitrogen and oxygen atoms in total. The molecule has 35 heavy (non-hydrogen) atoms. The zero-order valence-corrected chi connectivity index (χ0v) is 19.7. The van der Waals surface area contributed by atoms with E-state index in [1.165, 1.54) is 24.9 Å². The van der Waals surface area contributed by atoms with E-state index in [2.05, 4.69) is 28.9 Å². The molecule has 0 spiro atoms. The maximum absolute atomic E-state index is 13.1. The first-order valence-electron chi connectivity index (χ1n) is 12.4. The fourth-order valence-electron chi connectivity index (χ4n) is 5.43. The molecule has 6 rings (SSSR count). The van der Waals surface area contributed by atoms with Crippen molar-refractivity contribution in [1.82, 2.24) is 10.2 Å². The van der Waals surface area contributed by atoms with Gasteiger partial charge in [-0.25, -0.2) is 0 Å². The molecule has 3 aromatic rings. The van der Waals surface area contributed by atoms with Crippen LogP contribution < -0.4 is 15.0 Å². The predicted molar refractivity (Wildman–Crippen MR) is 133 cm³/mol. The van der Waals surface area contributed by atoms with Crippen molar-refractivity contribution >= 4 is 28.5 Å². The van der Waals surface area contributed by atoms with Crippen LogP contribution in [0.25, 0.3) is 11.0 Å². The lowest BCUT2D eigenvalue weighted by Crippen LogP contribution is -2.49. The monoisotopic (exact) mass is 471 g/mol. The van der Waals surface area contributed by atoms with E-state index < -0.39 is 6.04 Å². The second-order valence-electron chi connectivity index (χ2n) is 9.63. The summed E-state index contributed by atoms with van der Waals surface area (Å²) in [5.74, 6) is 1.08. The zero-order chi connectivity index (χ0) is 23.9. The molecule has 180 valence electrons. The number of hydrogen-bond acceptors (Lipinski definition) is 5. The summed E-state index contributed by atoms with van der Waals surface area (Å²) in [6.07, 6.45) is 5.04. The normalized spacial score (nSPS) is 20.3. The van der Waals surface area contributed by atoms with Gasteiger partial charge < -0.3 is 24.3 Å². The van der Waals surface area contributed by atoms with Gasteiger partial charge in [-0.05, 0) is 68.5 Å². The van der Waals surface area contributed by atoms with Gasteiger partial charge in [0.25, 0.3) is 5.91 Å². The van der Waals surface area contributed by atoms with Gasteiger partial charge in [0, 0.05) is 41.0 Å². The molecule has 0 aliphatic carbocycles. The van der Waals surface area contributed by atoms with Gasteiger partial charge in [0.05, 0.1) is 6.54 Å². The molecule has 2 saturated heterocycles. The molecule has 1 N–H and O–H groups in total. The number of benzene rings is 2. The lowest BCUT2D eigenvalue weighted by Gasteiger charge is -2.30. The van der Waals surface area contributed by atoms with Crippen molar-refractivity contribution in [3.63, 3.8) is 0 Å². The molecule has 0 saturated carbocycles. The fourth-order valence-corrected chi connectivity index (χ4v) is 5.43. The smallest absolute Gasteiger partial charge is 0.255 e. The molecule has 0 bridgehead atoms. The van der Waals surface area contributed by atoms with Crippen molar-refractivity contribution in [2.75, 3.05) is 18.0 Å². The van der Waals surface area contributed by atoms with Crippen LogP contribution in [-0.4, -0.2) is 35.8 Å². The van der Waals surface area contributed by atoms with Crippen LogP contribution in [0.2, 0.25) is 0 Å². The number of carbonyl (C=O) groups excluding carboxylic acids is 2. The molecular formula is C28H29N3O4.